The number of hydrogen-bond donors (Lipinski definition) is 2. The fourth-order valence-electron chi connectivity index (χ4n) is 2.42. The van der Waals surface area contributed by atoms with Gasteiger partial charge in [0.1, 0.15) is 27.2 Å². The normalized spacial score (nSPS) is 10.4. The van der Waals surface area contributed by atoms with E-state index in [9.17, 15) is 10.1 Å². The van der Waals surface area contributed by atoms with Crippen LogP contribution in [0.15, 0.2) is 30.3 Å². The molecule has 3 aromatic rings. The molecule has 4 N–H and O–H groups in total. The molecule has 0 aliphatic heterocycles. The molecule has 0 bridgehead atoms. The second-order valence-corrected chi connectivity index (χ2v) is 5.74. The predicted molar refractivity (Wildman–Crippen MR) is 89.9 cm³/mol. The van der Waals surface area contributed by atoms with Crippen LogP contribution in [0, 0.1) is 11.3 Å². The molecule has 0 saturated carbocycles. The Bertz CT molecular complexity index is 958. The molecule has 0 atom stereocenters. The molecule has 1 aromatic carbocycles. The second kappa shape index (κ2) is 5.59. The largest absolute Gasteiger partial charge is 0.465 e. The first-order valence-electron chi connectivity index (χ1n) is 6.63. The van der Waals surface area contributed by atoms with Crippen molar-refractivity contribution in [3.8, 4) is 17.2 Å². The molecule has 6 nitrogen and oxygen atoms in total. The molecular formula is C16H12N4O2S. The van der Waals surface area contributed by atoms with Gasteiger partial charge >= 0.3 is 5.97 Å². The number of esters is 1. The molecule has 114 valence electrons. The van der Waals surface area contributed by atoms with Crippen LogP contribution in [0.25, 0.3) is 21.3 Å². The van der Waals surface area contributed by atoms with E-state index in [1.54, 1.807) is 0 Å². The molecule has 2 aromatic heterocycles. The summed E-state index contributed by atoms with van der Waals surface area (Å²) in [4.78, 5) is 16.8. The monoisotopic (exact) mass is 324 g/mol. The van der Waals surface area contributed by atoms with Crippen molar-refractivity contribution in [1.82, 2.24) is 4.98 Å². The van der Waals surface area contributed by atoms with Crippen LogP contribution in [0.4, 0.5) is 11.5 Å². The van der Waals surface area contributed by atoms with Crippen molar-refractivity contribution in [2.75, 3.05) is 18.6 Å². The minimum atomic E-state index is -0.540. The maximum absolute atomic E-state index is 11.9. The molecule has 0 unspecified atom stereocenters. The van der Waals surface area contributed by atoms with Gasteiger partial charge in [-0.2, -0.15) is 5.26 Å². The van der Waals surface area contributed by atoms with E-state index in [0.717, 1.165) is 16.9 Å². The molecule has 23 heavy (non-hydrogen) atoms. The SMILES string of the molecule is COC(=O)c1sc2nc(N)c(C#N)c(-c3ccccc3)c2c1N. The van der Waals surface area contributed by atoms with Crippen molar-refractivity contribution in [3.63, 3.8) is 0 Å². The van der Waals surface area contributed by atoms with Crippen LogP contribution in [0.3, 0.4) is 0 Å². The Morgan fingerprint density at radius 3 is 2.61 bits per heavy atom. The first-order valence-corrected chi connectivity index (χ1v) is 7.45. The summed E-state index contributed by atoms with van der Waals surface area (Å²) < 4.78 is 4.75. The summed E-state index contributed by atoms with van der Waals surface area (Å²) in [5.41, 5.74) is 13.9. The minimum Gasteiger partial charge on any atom is -0.465 e. The Morgan fingerprint density at radius 2 is 2.00 bits per heavy atom. The average molecular weight is 324 g/mol. The molecule has 2 heterocycles. The van der Waals surface area contributed by atoms with Gasteiger partial charge in [0.15, 0.2) is 0 Å². The predicted octanol–water partition coefficient (Wildman–Crippen LogP) is 2.79. The molecular weight excluding hydrogens is 312 g/mol. The van der Waals surface area contributed by atoms with Gasteiger partial charge < -0.3 is 16.2 Å². The fraction of sp³-hybridized carbons (Fsp3) is 0.0625. The lowest BCUT2D eigenvalue weighted by Crippen LogP contribution is -2.02. The van der Waals surface area contributed by atoms with Gasteiger partial charge in [0.25, 0.3) is 0 Å². The summed E-state index contributed by atoms with van der Waals surface area (Å²) in [6.07, 6.45) is 0. The highest BCUT2D eigenvalue weighted by atomic mass is 32.1. The Morgan fingerprint density at radius 1 is 1.30 bits per heavy atom. The Kier molecular flexibility index (Phi) is 3.60. The summed E-state index contributed by atoms with van der Waals surface area (Å²) in [6, 6.07) is 11.4. The highest BCUT2D eigenvalue weighted by Crippen LogP contribution is 2.42. The number of fused-ring (bicyclic) bond motifs is 1. The number of methoxy groups -OCH3 is 1. The third kappa shape index (κ3) is 2.25. The van der Waals surface area contributed by atoms with Gasteiger partial charge in [-0.25, -0.2) is 9.78 Å². The quantitative estimate of drug-likeness (QED) is 0.700. The number of anilines is 2. The van der Waals surface area contributed by atoms with E-state index in [1.165, 1.54) is 7.11 Å². The van der Waals surface area contributed by atoms with Crippen LogP contribution in [-0.4, -0.2) is 18.1 Å². The highest BCUT2D eigenvalue weighted by molar-refractivity contribution is 7.21. The maximum atomic E-state index is 11.9. The first-order chi connectivity index (χ1) is 11.1. The number of carbonyl (C=O) groups excluding carboxylic acids is 1. The minimum absolute atomic E-state index is 0.108. The van der Waals surface area contributed by atoms with Crippen molar-refractivity contribution in [2.45, 2.75) is 0 Å². The molecule has 0 fully saturated rings. The van der Waals surface area contributed by atoms with Gasteiger partial charge in [-0.1, -0.05) is 30.3 Å². The number of benzene rings is 1. The molecule has 0 saturated heterocycles. The van der Waals surface area contributed by atoms with Gasteiger partial charge in [0, 0.05) is 10.9 Å². The number of pyridine rings is 1. The number of nitrogens with zero attached hydrogens (tertiary/aromatic N) is 2. The van der Waals surface area contributed by atoms with E-state index in [4.69, 9.17) is 16.2 Å². The van der Waals surface area contributed by atoms with E-state index in [0.29, 0.717) is 15.8 Å². The Balaban J connectivity index is 2.47. The van der Waals surface area contributed by atoms with Gasteiger partial charge in [-0.15, -0.1) is 11.3 Å². The third-order valence-corrected chi connectivity index (χ3v) is 4.53. The van der Waals surface area contributed by atoms with Crippen LogP contribution < -0.4 is 11.5 Å². The van der Waals surface area contributed by atoms with Gasteiger partial charge in [-0.05, 0) is 5.56 Å². The fourth-order valence-corrected chi connectivity index (χ4v) is 3.45. The van der Waals surface area contributed by atoms with Crippen LogP contribution >= 0.6 is 11.3 Å². The maximum Gasteiger partial charge on any atom is 0.350 e. The van der Waals surface area contributed by atoms with E-state index < -0.39 is 5.97 Å². The average Bonchev–Trinajstić information content (AvgIpc) is 2.90. The van der Waals surface area contributed by atoms with E-state index >= 15 is 0 Å². The van der Waals surface area contributed by atoms with Crippen molar-refractivity contribution >= 4 is 39.0 Å². The Labute approximate surface area is 135 Å². The summed E-state index contributed by atoms with van der Waals surface area (Å²) >= 11 is 1.10. The zero-order valence-corrected chi connectivity index (χ0v) is 13.0. The number of rotatable bonds is 2. The van der Waals surface area contributed by atoms with Crippen LogP contribution in [0.1, 0.15) is 15.2 Å². The number of carbonyl (C=O) groups is 1. The molecule has 7 heteroatoms. The van der Waals surface area contributed by atoms with E-state index in [2.05, 4.69) is 11.1 Å². The van der Waals surface area contributed by atoms with E-state index in [1.807, 2.05) is 30.3 Å². The number of nitrogen functional groups attached to an aromatic ring is 2. The van der Waals surface area contributed by atoms with Gasteiger partial charge in [-0.3, -0.25) is 0 Å². The molecule has 0 spiro atoms. The number of hydrogen-bond acceptors (Lipinski definition) is 7. The second-order valence-electron chi connectivity index (χ2n) is 4.74. The third-order valence-electron chi connectivity index (χ3n) is 3.45. The summed E-state index contributed by atoms with van der Waals surface area (Å²) in [7, 11) is 1.28. The van der Waals surface area contributed by atoms with E-state index in [-0.39, 0.29) is 21.9 Å². The van der Waals surface area contributed by atoms with Crippen molar-refractivity contribution in [1.29, 1.82) is 5.26 Å². The van der Waals surface area contributed by atoms with Crippen molar-refractivity contribution < 1.29 is 9.53 Å². The lowest BCUT2D eigenvalue weighted by Gasteiger charge is -2.09. The number of ether oxygens (including phenoxy) is 1. The molecule has 0 radical (unpaired) electrons. The highest BCUT2D eigenvalue weighted by Gasteiger charge is 2.24. The first kappa shape index (κ1) is 14.8. The standard InChI is InChI=1S/C16H12N4O2S/c1-22-16(21)13-12(18)11-10(8-5-3-2-4-6-8)9(7-17)14(19)20-15(11)23-13/h2-6H,18H2,1H3,(H2,19,20). The molecule has 0 aliphatic rings. The summed E-state index contributed by atoms with van der Waals surface area (Å²) in [5.74, 6) is -0.432. The van der Waals surface area contributed by atoms with Crippen LogP contribution in [-0.2, 0) is 4.74 Å². The molecule has 0 aliphatic carbocycles. The van der Waals surface area contributed by atoms with Crippen molar-refractivity contribution in [2.24, 2.45) is 0 Å². The summed E-state index contributed by atoms with van der Waals surface area (Å²) in [6.45, 7) is 0. The van der Waals surface area contributed by atoms with Gasteiger partial charge in [0.2, 0.25) is 0 Å². The lowest BCUT2D eigenvalue weighted by atomic mass is 9.97. The number of thiophene rings is 1. The summed E-state index contributed by atoms with van der Waals surface area (Å²) in [5, 5.41) is 10.0. The van der Waals surface area contributed by atoms with Crippen LogP contribution in [0.2, 0.25) is 0 Å². The zero-order valence-electron chi connectivity index (χ0n) is 12.2. The van der Waals surface area contributed by atoms with Gasteiger partial charge in [0.05, 0.1) is 12.8 Å². The molecule has 3 rings (SSSR count). The number of nitriles is 1. The lowest BCUT2D eigenvalue weighted by molar-refractivity contribution is 0.0607. The molecule has 0 amide bonds. The number of nitrogens with two attached hydrogens (primary N) is 2. The zero-order chi connectivity index (χ0) is 16.6. The number of aromatic nitrogens is 1. The smallest absolute Gasteiger partial charge is 0.350 e. The van der Waals surface area contributed by atoms with Crippen molar-refractivity contribution in [3.05, 3.63) is 40.8 Å². The van der Waals surface area contributed by atoms with Crippen LogP contribution in [0.5, 0.6) is 0 Å². The Hall–Kier alpha value is -3.11. The topological polar surface area (TPSA) is 115 Å².